The highest BCUT2D eigenvalue weighted by Crippen LogP contribution is 2.20. The molecular formula is C14H19N3S. The zero-order valence-corrected chi connectivity index (χ0v) is 11.9. The minimum absolute atomic E-state index is 0.855. The van der Waals surface area contributed by atoms with Crippen LogP contribution in [0.25, 0.3) is 0 Å². The van der Waals surface area contributed by atoms with Gasteiger partial charge in [0.2, 0.25) is 0 Å². The molecule has 0 aliphatic heterocycles. The maximum absolute atomic E-state index is 4.32. The molecule has 4 heteroatoms. The van der Waals surface area contributed by atoms with E-state index in [9.17, 15) is 0 Å². The Morgan fingerprint density at radius 1 is 1.39 bits per heavy atom. The molecule has 0 bridgehead atoms. The molecule has 0 saturated heterocycles. The van der Waals surface area contributed by atoms with Gasteiger partial charge in [-0.1, -0.05) is 6.07 Å². The fourth-order valence-corrected chi connectivity index (χ4v) is 2.51. The van der Waals surface area contributed by atoms with E-state index in [1.807, 2.05) is 12.6 Å². The fourth-order valence-electron chi connectivity index (χ4n) is 1.96. The van der Waals surface area contributed by atoms with Crippen LogP contribution in [0.4, 0.5) is 5.69 Å². The number of thiazole rings is 1. The number of hydrogen-bond acceptors (Lipinski definition) is 4. The second-order valence-electron chi connectivity index (χ2n) is 4.48. The number of rotatable bonds is 5. The van der Waals surface area contributed by atoms with Crippen molar-refractivity contribution in [3.8, 4) is 0 Å². The van der Waals surface area contributed by atoms with E-state index >= 15 is 0 Å². The molecule has 1 aromatic heterocycles. The average molecular weight is 261 g/mol. The van der Waals surface area contributed by atoms with Crippen LogP contribution >= 0.6 is 11.3 Å². The van der Waals surface area contributed by atoms with Crippen LogP contribution in [0.5, 0.6) is 0 Å². The zero-order valence-electron chi connectivity index (χ0n) is 11.1. The number of nitrogens with zero attached hydrogens (tertiary/aromatic N) is 2. The molecule has 3 nitrogen and oxygen atoms in total. The molecule has 0 radical (unpaired) electrons. The van der Waals surface area contributed by atoms with Crippen LogP contribution in [0.3, 0.4) is 0 Å². The van der Waals surface area contributed by atoms with Crippen LogP contribution in [0.15, 0.2) is 29.1 Å². The van der Waals surface area contributed by atoms with Crippen LogP contribution in [-0.4, -0.2) is 19.1 Å². The predicted molar refractivity (Wildman–Crippen MR) is 78.2 cm³/mol. The van der Waals surface area contributed by atoms with Crippen molar-refractivity contribution in [2.24, 2.45) is 0 Å². The quantitative estimate of drug-likeness (QED) is 0.897. The maximum atomic E-state index is 4.32. The van der Waals surface area contributed by atoms with E-state index in [1.165, 1.54) is 16.8 Å². The molecule has 0 aliphatic carbocycles. The summed E-state index contributed by atoms with van der Waals surface area (Å²) in [5.41, 5.74) is 6.92. The highest BCUT2D eigenvalue weighted by Gasteiger charge is 2.05. The van der Waals surface area contributed by atoms with Crippen LogP contribution in [-0.2, 0) is 13.1 Å². The molecule has 0 aliphatic rings. The predicted octanol–water partition coefficient (Wildman–Crippen LogP) is 2.81. The summed E-state index contributed by atoms with van der Waals surface area (Å²) in [6.07, 6.45) is 0. The van der Waals surface area contributed by atoms with Crippen molar-refractivity contribution in [1.29, 1.82) is 0 Å². The fraction of sp³-hybridized carbons (Fsp3) is 0.357. The lowest BCUT2D eigenvalue weighted by molar-refractivity contribution is 0.810. The summed E-state index contributed by atoms with van der Waals surface area (Å²) in [6, 6.07) is 6.60. The number of aryl methyl sites for hydroxylation is 1. The smallest absolute Gasteiger partial charge is 0.0795 e. The number of hydrogen-bond donors (Lipinski definition) is 1. The molecule has 2 rings (SSSR count). The average Bonchev–Trinajstić information content (AvgIpc) is 2.84. The molecule has 2 aromatic rings. The topological polar surface area (TPSA) is 28.2 Å². The first-order chi connectivity index (χ1) is 8.70. The molecule has 18 heavy (non-hydrogen) atoms. The van der Waals surface area contributed by atoms with Gasteiger partial charge in [0.05, 0.1) is 17.7 Å². The van der Waals surface area contributed by atoms with E-state index in [-0.39, 0.29) is 0 Å². The van der Waals surface area contributed by atoms with E-state index in [1.54, 1.807) is 11.3 Å². The van der Waals surface area contributed by atoms with Crippen molar-refractivity contribution >= 4 is 17.0 Å². The van der Waals surface area contributed by atoms with Gasteiger partial charge in [-0.2, -0.15) is 0 Å². The van der Waals surface area contributed by atoms with Gasteiger partial charge in [-0.3, -0.25) is 0 Å². The van der Waals surface area contributed by atoms with Crippen molar-refractivity contribution in [3.63, 3.8) is 0 Å². The summed E-state index contributed by atoms with van der Waals surface area (Å²) in [7, 11) is 4.08. The Labute approximate surface area is 112 Å². The van der Waals surface area contributed by atoms with Gasteiger partial charge in [0.15, 0.2) is 0 Å². The lowest BCUT2D eigenvalue weighted by Gasteiger charge is -2.19. The first-order valence-corrected chi connectivity index (χ1v) is 6.97. The van der Waals surface area contributed by atoms with Gasteiger partial charge >= 0.3 is 0 Å². The van der Waals surface area contributed by atoms with Gasteiger partial charge in [-0.25, -0.2) is 4.98 Å². The van der Waals surface area contributed by atoms with E-state index in [2.05, 4.69) is 52.8 Å². The molecule has 1 aromatic carbocycles. The Morgan fingerprint density at radius 2 is 2.22 bits per heavy atom. The van der Waals surface area contributed by atoms with Gasteiger partial charge < -0.3 is 10.2 Å². The van der Waals surface area contributed by atoms with E-state index in [0.717, 1.165) is 18.8 Å². The third-order valence-electron chi connectivity index (χ3n) is 3.02. The second kappa shape index (κ2) is 5.98. The van der Waals surface area contributed by atoms with Gasteiger partial charge in [0.1, 0.15) is 0 Å². The van der Waals surface area contributed by atoms with E-state index in [0.29, 0.717) is 0 Å². The number of anilines is 1. The lowest BCUT2D eigenvalue weighted by atomic mass is 10.1. The highest BCUT2D eigenvalue weighted by atomic mass is 32.1. The van der Waals surface area contributed by atoms with Crippen molar-refractivity contribution in [3.05, 3.63) is 45.9 Å². The van der Waals surface area contributed by atoms with Gasteiger partial charge in [0, 0.05) is 24.7 Å². The minimum atomic E-state index is 0.855. The third kappa shape index (κ3) is 3.09. The van der Waals surface area contributed by atoms with Crippen LogP contribution < -0.4 is 10.2 Å². The van der Waals surface area contributed by atoms with Crippen molar-refractivity contribution in [1.82, 2.24) is 10.3 Å². The van der Waals surface area contributed by atoms with Crippen molar-refractivity contribution in [2.45, 2.75) is 20.0 Å². The highest BCUT2D eigenvalue weighted by molar-refractivity contribution is 7.07. The first kappa shape index (κ1) is 13.1. The van der Waals surface area contributed by atoms with Gasteiger partial charge in [0.25, 0.3) is 0 Å². The summed E-state index contributed by atoms with van der Waals surface area (Å²) in [5.74, 6) is 0. The molecule has 1 N–H and O–H groups in total. The van der Waals surface area contributed by atoms with E-state index in [4.69, 9.17) is 0 Å². The summed E-state index contributed by atoms with van der Waals surface area (Å²) < 4.78 is 0. The first-order valence-electron chi connectivity index (χ1n) is 6.03. The molecule has 0 fully saturated rings. The summed E-state index contributed by atoms with van der Waals surface area (Å²) in [6.45, 7) is 3.93. The minimum Gasteiger partial charge on any atom is -0.369 e. The van der Waals surface area contributed by atoms with Crippen molar-refractivity contribution in [2.75, 3.05) is 19.0 Å². The molecule has 0 atom stereocenters. The molecule has 0 saturated carbocycles. The Hall–Kier alpha value is -1.39. The zero-order chi connectivity index (χ0) is 13.0. The van der Waals surface area contributed by atoms with Crippen LogP contribution in [0.1, 0.15) is 16.8 Å². The van der Waals surface area contributed by atoms with Gasteiger partial charge in [-0.05, 0) is 37.2 Å². The Bertz CT molecular complexity index is 494. The van der Waals surface area contributed by atoms with Crippen molar-refractivity contribution < 1.29 is 0 Å². The molecule has 1 heterocycles. The Kier molecular flexibility index (Phi) is 4.33. The summed E-state index contributed by atoms with van der Waals surface area (Å²) >= 11 is 1.64. The maximum Gasteiger partial charge on any atom is 0.0795 e. The Morgan fingerprint density at radius 3 is 2.83 bits per heavy atom. The summed E-state index contributed by atoms with van der Waals surface area (Å²) in [4.78, 5) is 6.55. The van der Waals surface area contributed by atoms with Gasteiger partial charge in [-0.15, -0.1) is 11.3 Å². The number of aromatic nitrogens is 1. The second-order valence-corrected chi connectivity index (χ2v) is 5.20. The number of benzene rings is 1. The number of nitrogens with one attached hydrogen (secondary N) is 1. The largest absolute Gasteiger partial charge is 0.369 e. The molecule has 0 spiro atoms. The molecule has 0 amide bonds. The molecule has 0 unspecified atom stereocenters. The SMILES string of the molecule is CNCc1ccc(N(C)Cc2cscn2)cc1C. The Balaban J connectivity index is 2.11. The molecular weight excluding hydrogens is 242 g/mol. The lowest BCUT2D eigenvalue weighted by Crippen LogP contribution is -2.17. The molecule has 96 valence electrons. The normalized spacial score (nSPS) is 10.6. The summed E-state index contributed by atoms with van der Waals surface area (Å²) in [5, 5.41) is 5.28. The van der Waals surface area contributed by atoms with Crippen LogP contribution in [0, 0.1) is 6.92 Å². The van der Waals surface area contributed by atoms with E-state index < -0.39 is 0 Å². The standard InChI is InChI=1S/C14H19N3S/c1-11-6-14(5-4-12(11)7-15-2)17(3)8-13-9-18-10-16-13/h4-6,9-10,15H,7-8H2,1-3H3. The van der Waals surface area contributed by atoms with Crippen LogP contribution in [0.2, 0.25) is 0 Å². The monoisotopic (exact) mass is 261 g/mol. The third-order valence-corrected chi connectivity index (χ3v) is 3.65.